The summed E-state index contributed by atoms with van der Waals surface area (Å²) >= 11 is 4.57. The average molecular weight is 298 g/mol. The molecule has 1 heterocycles. The van der Waals surface area contributed by atoms with E-state index in [1.165, 1.54) is 12.1 Å². The highest BCUT2D eigenvalue weighted by atomic mass is 32.2. The Bertz CT molecular complexity index is 666. The van der Waals surface area contributed by atoms with Gasteiger partial charge in [0.2, 0.25) is 0 Å². The van der Waals surface area contributed by atoms with E-state index in [-0.39, 0.29) is 4.90 Å². The van der Waals surface area contributed by atoms with Gasteiger partial charge < -0.3 is 0 Å². The molecular weight excluding hydrogens is 286 g/mol. The van der Waals surface area contributed by atoms with Crippen molar-refractivity contribution in [3.63, 3.8) is 0 Å². The molecule has 0 spiro atoms. The maximum absolute atomic E-state index is 10.5. The van der Waals surface area contributed by atoms with Crippen molar-refractivity contribution in [1.29, 1.82) is 0 Å². The van der Waals surface area contributed by atoms with E-state index in [0.29, 0.717) is 0 Å². The number of hydrogen-bond donors (Lipinski definition) is 1. The Morgan fingerprint density at radius 1 is 1.11 bits per heavy atom. The van der Waals surface area contributed by atoms with Gasteiger partial charge in [-0.25, -0.2) is 0 Å². The summed E-state index contributed by atoms with van der Waals surface area (Å²) in [5.74, 6) is 0. The van der Waals surface area contributed by atoms with Gasteiger partial charge in [0.25, 0.3) is 10.1 Å². The van der Waals surface area contributed by atoms with Crippen molar-refractivity contribution < 1.29 is 16.8 Å². The van der Waals surface area contributed by atoms with Gasteiger partial charge in [-0.15, -0.1) is 0 Å². The fraction of sp³-hybridized carbons (Fsp3) is 0.0909. The van der Waals surface area contributed by atoms with Crippen LogP contribution in [0.1, 0.15) is 5.56 Å². The van der Waals surface area contributed by atoms with Crippen molar-refractivity contribution in [2.75, 3.05) is 0 Å². The van der Waals surface area contributed by atoms with Gasteiger partial charge in [-0.2, -0.15) is 8.42 Å². The quantitative estimate of drug-likeness (QED) is 0.630. The van der Waals surface area contributed by atoms with E-state index in [4.69, 9.17) is 4.55 Å². The van der Waals surface area contributed by atoms with Crippen LogP contribution in [0, 0.1) is 6.92 Å². The van der Waals surface area contributed by atoms with Crippen LogP contribution >= 0.6 is 12.4 Å². The van der Waals surface area contributed by atoms with E-state index in [1.54, 1.807) is 36.7 Å². The molecular formula is C11H12N3O3S2+. The van der Waals surface area contributed by atoms with Crippen molar-refractivity contribution in [2.24, 2.45) is 0 Å². The van der Waals surface area contributed by atoms with Gasteiger partial charge in [0, 0.05) is 10.2 Å². The summed E-state index contributed by atoms with van der Waals surface area (Å²) < 4.78 is 30.6. The minimum atomic E-state index is -4.02. The van der Waals surface area contributed by atoms with E-state index in [9.17, 15) is 8.42 Å². The van der Waals surface area contributed by atoms with Gasteiger partial charge in [-0.05, 0) is 31.2 Å². The molecule has 0 unspecified atom stereocenters. The molecule has 0 bridgehead atoms. The van der Waals surface area contributed by atoms with Crippen LogP contribution in [-0.2, 0) is 10.1 Å². The molecule has 0 atom stereocenters. The molecule has 1 aromatic carbocycles. The molecule has 1 aromatic heterocycles. The number of rotatable bonds is 1. The fourth-order valence-corrected chi connectivity index (χ4v) is 1.62. The first-order chi connectivity index (χ1) is 8.89. The Kier molecular flexibility index (Phi) is 5.61. The van der Waals surface area contributed by atoms with Crippen LogP contribution in [0.4, 0.5) is 0 Å². The molecule has 0 fully saturated rings. The third kappa shape index (κ3) is 6.09. The molecule has 2 rings (SSSR count). The van der Waals surface area contributed by atoms with Crippen LogP contribution in [0.5, 0.6) is 0 Å². The van der Waals surface area contributed by atoms with Crippen LogP contribution in [-0.4, -0.2) is 23.2 Å². The molecule has 6 nitrogen and oxygen atoms in total. The maximum Gasteiger partial charge on any atom is 0.339 e. The van der Waals surface area contributed by atoms with Crippen LogP contribution in [0.3, 0.4) is 0 Å². The maximum atomic E-state index is 10.5. The highest BCUT2D eigenvalue weighted by molar-refractivity contribution is 7.85. The van der Waals surface area contributed by atoms with E-state index in [2.05, 4.69) is 22.6 Å². The minimum Gasteiger partial charge on any atom is -0.282 e. The first kappa shape index (κ1) is 15.3. The Balaban J connectivity index is 0.000000200. The summed E-state index contributed by atoms with van der Waals surface area (Å²) in [6.45, 7) is 1.84. The molecule has 0 saturated carbocycles. The molecule has 8 heteroatoms. The Morgan fingerprint density at radius 2 is 1.58 bits per heavy atom. The lowest BCUT2D eigenvalue weighted by Gasteiger charge is -1.95. The highest BCUT2D eigenvalue weighted by Gasteiger charge is 2.06. The smallest absolute Gasteiger partial charge is 0.282 e. The van der Waals surface area contributed by atoms with E-state index in [0.717, 1.165) is 9.41 Å². The fourth-order valence-electron chi connectivity index (χ4n) is 1.03. The third-order valence-electron chi connectivity index (χ3n) is 1.93. The molecule has 0 radical (unpaired) electrons. The Hall–Kier alpha value is -1.77. The zero-order valence-corrected chi connectivity index (χ0v) is 11.7. The molecule has 100 valence electrons. The van der Waals surface area contributed by atoms with Gasteiger partial charge in [-0.3, -0.25) is 4.55 Å². The zero-order chi connectivity index (χ0) is 14.3. The zero-order valence-electron chi connectivity index (χ0n) is 10.0. The Labute approximate surface area is 116 Å². The molecule has 0 aliphatic heterocycles. The topological polar surface area (TPSA) is 86.1 Å². The third-order valence-corrected chi connectivity index (χ3v) is 2.99. The molecule has 1 N–H and O–H groups in total. The summed E-state index contributed by atoms with van der Waals surface area (Å²) in [6.07, 6.45) is 3.17. The molecule has 2 aromatic rings. The Morgan fingerprint density at radius 3 is 2.00 bits per heavy atom. The second-order valence-electron chi connectivity index (χ2n) is 3.45. The number of aromatic nitrogens is 3. The van der Waals surface area contributed by atoms with Crippen molar-refractivity contribution in [3.05, 3.63) is 54.4 Å². The number of aryl methyl sites for hydroxylation is 1. The van der Waals surface area contributed by atoms with E-state index >= 15 is 0 Å². The first-order valence-corrected chi connectivity index (χ1v) is 6.95. The largest absolute Gasteiger partial charge is 0.339 e. The second-order valence-corrected chi connectivity index (χ2v) is 5.20. The summed E-state index contributed by atoms with van der Waals surface area (Å²) in [5, 5.41) is 7.32. The lowest BCUT2D eigenvalue weighted by molar-refractivity contribution is -0.574. The van der Waals surface area contributed by atoms with Crippen molar-refractivity contribution >= 4 is 22.5 Å². The van der Waals surface area contributed by atoms with Crippen LogP contribution in [0.15, 0.2) is 53.7 Å². The molecule has 0 saturated heterocycles. The van der Waals surface area contributed by atoms with E-state index < -0.39 is 10.1 Å². The summed E-state index contributed by atoms with van der Waals surface area (Å²) in [5.41, 5.74) is 0.956. The molecule has 0 aliphatic carbocycles. The normalized spacial score (nSPS) is 10.2. The lowest BCUT2D eigenvalue weighted by atomic mass is 10.2. The van der Waals surface area contributed by atoms with Crippen LogP contribution in [0.2, 0.25) is 0 Å². The van der Waals surface area contributed by atoms with Crippen LogP contribution in [0.25, 0.3) is 0 Å². The standard InChI is InChI=1S/C7H8O3S.C4H4N3S/c1-6-2-4-7(5-3-6)11(8,9)10;8-7-5-3-1-2-4-6-7/h2-5H,1H3,(H,8,9,10);1-4H/q;+1. The highest BCUT2D eigenvalue weighted by Crippen LogP contribution is 2.08. The van der Waals surface area contributed by atoms with Crippen molar-refractivity contribution in [2.45, 2.75) is 11.8 Å². The number of benzene rings is 1. The van der Waals surface area contributed by atoms with Gasteiger partial charge >= 0.3 is 12.4 Å². The van der Waals surface area contributed by atoms with Crippen LogP contribution < -0.4 is 3.84 Å². The minimum absolute atomic E-state index is 0.0666. The summed E-state index contributed by atoms with van der Waals surface area (Å²) in [4.78, 5) is -0.0666. The van der Waals surface area contributed by atoms with Gasteiger partial charge in [0.15, 0.2) is 0 Å². The first-order valence-electron chi connectivity index (χ1n) is 5.14. The SMILES string of the molecule is Cc1ccc(S(=O)(=O)O)cc1.S=[n+]1nccccn1. The summed E-state index contributed by atoms with van der Waals surface area (Å²) in [7, 11) is -4.02. The number of nitrogens with zero attached hydrogens (tertiary/aromatic N) is 3. The van der Waals surface area contributed by atoms with Gasteiger partial charge in [0.05, 0.1) is 17.3 Å². The van der Waals surface area contributed by atoms with E-state index in [1.807, 2.05) is 6.92 Å². The molecule has 0 amide bonds. The monoisotopic (exact) mass is 298 g/mol. The average Bonchev–Trinajstić information content (AvgIpc) is 2.57. The molecule has 0 aliphatic rings. The van der Waals surface area contributed by atoms with Gasteiger partial charge in [0.1, 0.15) is 3.84 Å². The summed E-state index contributed by atoms with van der Waals surface area (Å²) in [6, 6.07) is 9.51. The van der Waals surface area contributed by atoms with Crippen molar-refractivity contribution in [3.8, 4) is 0 Å². The predicted molar refractivity (Wildman–Crippen MR) is 70.6 cm³/mol. The second kappa shape index (κ2) is 6.98. The van der Waals surface area contributed by atoms with Gasteiger partial charge in [-0.1, -0.05) is 17.7 Å². The van der Waals surface area contributed by atoms with Crippen molar-refractivity contribution in [1.82, 2.24) is 10.2 Å². The predicted octanol–water partition coefficient (Wildman–Crippen LogP) is 1.25. The number of hydrogen-bond acceptors (Lipinski definition) is 5. The molecule has 19 heavy (non-hydrogen) atoms. The lowest BCUT2D eigenvalue weighted by Crippen LogP contribution is -2.17.